The van der Waals surface area contributed by atoms with E-state index >= 15 is 0 Å². The molecule has 0 aliphatic carbocycles. The number of aromatic nitrogens is 2. The molecule has 3 aromatic rings. The lowest BCUT2D eigenvalue weighted by Gasteiger charge is -2.32. The number of quaternary nitrogens is 1. The van der Waals surface area contributed by atoms with Crippen LogP contribution in [0.1, 0.15) is 17.2 Å². The number of morpholine rings is 1. The number of nitrogens with one attached hydrogen (secondary N) is 1. The van der Waals surface area contributed by atoms with E-state index in [-0.39, 0.29) is 11.8 Å². The summed E-state index contributed by atoms with van der Waals surface area (Å²) in [5.74, 6) is 0.272. The van der Waals surface area contributed by atoms with Gasteiger partial charge in [-0.15, -0.1) is 0 Å². The highest BCUT2D eigenvalue weighted by atomic mass is 16.5. The number of pyridine rings is 2. The van der Waals surface area contributed by atoms with Gasteiger partial charge in [0.15, 0.2) is 5.75 Å². The van der Waals surface area contributed by atoms with Crippen molar-refractivity contribution in [2.75, 3.05) is 26.3 Å². The molecule has 1 aromatic carbocycles. The summed E-state index contributed by atoms with van der Waals surface area (Å²) in [4.78, 5) is 9.88. The molecule has 4 rings (SSSR count). The Morgan fingerprint density at radius 3 is 2.58 bits per heavy atom. The van der Waals surface area contributed by atoms with Crippen molar-refractivity contribution in [1.29, 1.82) is 0 Å². The number of fused-ring (bicyclic) bond motifs is 1. The predicted molar refractivity (Wildman–Crippen MR) is 91.0 cm³/mol. The Morgan fingerprint density at radius 1 is 1.00 bits per heavy atom. The Kier molecular flexibility index (Phi) is 4.11. The standard InChI is InChI=1S/C19H19N3O2/c23-19-16(4-3-14-2-1-7-21-17(14)19)18(15-5-8-20-9-6-15)22-10-12-24-13-11-22/h1-9,18,23H,10-13H2/p+1. The van der Waals surface area contributed by atoms with Crippen LogP contribution in [0.25, 0.3) is 10.9 Å². The van der Waals surface area contributed by atoms with Crippen molar-refractivity contribution in [3.8, 4) is 5.75 Å². The summed E-state index contributed by atoms with van der Waals surface area (Å²) < 4.78 is 5.51. The molecule has 0 saturated carbocycles. The van der Waals surface area contributed by atoms with Gasteiger partial charge in [-0.2, -0.15) is 0 Å². The summed E-state index contributed by atoms with van der Waals surface area (Å²) >= 11 is 0. The second-order valence-corrected chi connectivity index (χ2v) is 6.06. The van der Waals surface area contributed by atoms with E-state index in [9.17, 15) is 5.11 Å². The van der Waals surface area contributed by atoms with Crippen molar-refractivity contribution in [2.45, 2.75) is 6.04 Å². The monoisotopic (exact) mass is 322 g/mol. The summed E-state index contributed by atoms with van der Waals surface area (Å²) in [6.45, 7) is 3.30. The first-order valence-corrected chi connectivity index (χ1v) is 8.23. The van der Waals surface area contributed by atoms with Crippen LogP contribution < -0.4 is 4.90 Å². The lowest BCUT2D eigenvalue weighted by molar-refractivity contribution is -0.933. The van der Waals surface area contributed by atoms with Crippen molar-refractivity contribution in [2.24, 2.45) is 0 Å². The SMILES string of the molecule is Oc1c(C(c2ccncc2)[NH+]2CCOCC2)ccc2cccnc12. The Labute approximate surface area is 140 Å². The number of phenols is 1. The normalized spacial score (nSPS) is 17.0. The molecule has 1 atom stereocenters. The van der Waals surface area contributed by atoms with Gasteiger partial charge in [-0.25, -0.2) is 0 Å². The molecule has 1 aliphatic rings. The molecule has 1 fully saturated rings. The van der Waals surface area contributed by atoms with Gasteiger partial charge in [0, 0.05) is 29.5 Å². The number of nitrogens with zero attached hydrogens (tertiary/aromatic N) is 2. The predicted octanol–water partition coefficient (Wildman–Crippen LogP) is 1.34. The first-order valence-electron chi connectivity index (χ1n) is 8.23. The number of aromatic hydroxyl groups is 1. The molecule has 2 N–H and O–H groups in total. The van der Waals surface area contributed by atoms with Crippen molar-refractivity contribution in [3.05, 3.63) is 66.1 Å². The van der Waals surface area contributed by atoms with Crippen LogP contribution in [0.4, 0.5) is 0 Å². The fraction of sp³-hybridized carbons (Fsp3) is 0.263. The summed E-state index contributed by atoms with van der Waals surface area (Å²) in [6, 6.07) is 12.0. The molecule has 1 unspecified atom stereocenters. The van der Waals surface area contributed by atoms with Crippen LogP contribution in [0.5, 0.6) is 5.75 Å². The van der Waals surface area contributed by atoms with Gasteiger partial charge in [-0.1, -0.05) is 12.1 Å². The molecular weight excluding hydrogens is 302 g/mol. The zero-order valence-electron chi connectivity index (χ0n) is 13.4. The molecule has 5 heteroatoms. The highest BCUT2D eigenvalue weighted by molar-refractivity contribution is 5.85. The second kappa shape index (κ2) is 6.55. The Bertz CT molecular complexity index is 832. The average molecular weight is 322 g/mol. The number of rotatable bonds is 3. The molecule has 3 heterocycles. The number of benzene rings is 1. The summed E-state index contributed by atoms with van der Waals surface area (Å²) in [6.07, 6.45) is 5.33. The van der Waals surface area contributed by atoms with Crippen LogP contribution >= 0.6 is 0 Å². The largest absolute Gasteiger partial charge is 0.505 e. The second-order valence-electron chi connectivity index (χ2n) is 6.06. The number of ether oxygens (including phenoxy) is 1. The molecule has 5 nitrogen and oxygen atoms in total. The van der Waals surface area contributed by atoms with E-state index in [2.05, 4.69) is 9.97 Å². The van der Waals surface area contributed by atoms with Crippen molar-refractivity contribution in [1.82, 2.24) is 9.97 Å². The summed E-state index contributed by atoms with van der Waals surface area (Å²) in [7, 11) is 0. The first-order chi connectivity index (χ1) is 11.8. The van der Waals surface area contributed by atoms with Gasteiger partial charge in [-0.3, -0.25) is 9.97 Å². The zero-order valence-corrected chi connectivity index (χ0v) is 13.4. The summed E-state index contributed by atoms with van der Waals surface area (Å²) in [5, 5.41) is 11.8. The maximum Gasteiger partial charge on any atom is 0.151 e. The fourth-order valence-electron chi connectivity index (χ4n) is 3.49. The zero-order chi connectivity index (χ0) is 16.4. The maximum atomic E-state index is 10.9. The molecule has 0 amide bonds. The Morgan fingerprint density at radius 2 is 1.79 bits per heavy atom. The third-order valence-corrected chi connectivity index (χ3v) is 4.67. The minimum atomic E-state index is 0.0447. The van der Waals surface area contributed by atoms with E-state index in [1.54, 1.807) is 18.6 Å². The van der Waals surface area contributed by atoms with Crippen LogP contribution in [-0.2, 0) is 4.74 Å². The van der Waals surface area contributed by atoms with E-state index < -0.39 is 0 Å². The van der Waals surface area contributed by atoms with Gasteiger partial charge >= 0.3 is 0 Å². The molecule has 0 spiro atoms. The van der Waals surface area contributed by atoms with Crippen molar-refractivity contribution < 1.29 is 14.7 Å². The van der Waals surface area contributed by atoms with Crippen LogP contribution in [0.2, 0.25) is 0 Å². The molecular formula is C19H20N3O2+. The van der Waals surface area contributed by atoms with Gasteiger partial charge in [-0.05, 0) is 24.3 Å². The molecule has 0 radical (unpaired) electrons. The van der Waals surface area contributed by atoms with E-state index in [1.165, 1.54) is 4.90 Å². The fourth-order valence-corrected chi connectivity index (χ4v) is 3.49. The maximum absolute atomic E-state index is 10.9. The van der Waals surface area contributed by atoms with Crippen LogP contribution in [-0.4, -0.2) is 41.4 Å². The van der Waals surface area contributed by atoms with Crippen molar-refractivity contribution in [3.63, 3.8) is 0 Å². The van der Waals surface area contributed by atoms with Gasteiger partial charge in [0.2, 0.25) is 0 Å². The first kappa shape index (κ1) is 15.1. The highest BCUT2D eigenvalue weighted by Gasteiger charge is 2.30. The Hall–Kier alpha value is -2.50. The topological polar surface area (TPSA) is 59.7 Å². The number of hydrogen-bond donors (Lipinski definition) is 2. The van der Waals surface area contributed by atoms with Gasteiger partial charge < -0.3 is 14.7 Å². The van der Waals surface area contributed by atoms with Gasteiger partial charge in [0.05, 0.1) is 18.8 Å². The molecule has 2 aromatic heterocycles. The minimum absolute atomic E-state index is 0.0447. The van der Waals surface area contributed by atoms with Crippen LogP contribution in [0, 0.1) is 0 Å². The van der Waals surface area contributed by atoms with Crippen molar-refractivity contribution >= 4 is 10.9 Å². The lowest BCUT2D eigenvalue weighted by atomic mass is 9.95. The highest BCUT2D eigenvalue weighted by Crippen LogP contribution is 2.32. The molecule has 1 aliphatic heterocycles. The van der Waals surface area contributed by atoms with Gasteiger partial charge in [0.1, 0.15) is 24.6 Å². The van der Waals surface area contributed by atoms with Crippen LogP contribution in [0.15, 0.2) is 55.0 Å². The van der Waals surface area contributed by atoms with E-state index in [0.29, 0.717) is 5.52 Å². The molecule has 0 bridgehead atoms. The smallest absolute Gasteiger partial charge is 0.151 e. The molecule has 122 valence electrons. The van der Waals surface area contributed by atoms with E-state index in [4.69, 9.17) is 4.74 Å². The quantitative estimate of drug-likeness (QED) is 0.764. The Balaban J connectivity index is 1.85. The van der Waals surface area contributed by atoms with E-state index in [1.807, 2.05) is 36.4 Å². The number of phenolic OH excluding ortho intramolecular Hbond substituents is 1. The average Bonchev–Trinajstić information content (AvgIpc) is 2.66. The molecule has 24 heavy (non-hydrogen) atoms. The third-order valence-electron chi connectivity index (χ3n) is 4.67. The van der Waals surface area contributed by atoms with Gasteiger partial charge in [0.25, 0.3) is 0 Å². The van der Waals surface area contributed by atoms with Crippen LogP contribution in [0.3, 0.4) is 0 Å². The molecule has 1 saturated heterocycles. The number of hydrogen-bond acceptors (Lipinski definition) is 4. The van der Waals surface area contributed by atoms with E-state index in [0.717, 1.165) is 42.8 Å². The lowest BCUT2D eigenvalue weighted by Crippen LogP contribution is -3.14. The summed E-state index contributed by atoms with van der Waals surface area (Å²) in [5.41, 5.74) is 2.71. The third kappa shape index (κ3) is 2.72. The minimum Gasteiger partial charge on any atom is -0.505 e.